The zero-order valence-corrected chi connectivity index (χ0v) is 15.7. The van der Waals surface area contributed by atoms with Crippen LogP contribution in [0.3, 0.4) is 0 Å². The molecule has 0 aliphatic carbocycles. The highest BCUT2D eigenvalue weighted by Gasteiger charge is 2.21. The summed E-state index contributed by atoms with van der Waals surface area (Å²) in [5, 5.41) is 2.95. The van der Waals surface area contributed by atoms with Gasteiger partial charge >= 0.3 is 0 Å². The van der Waals surface area contributed by atoms with E-state index >= 15 is 0 Å². The normalized spacial score (nSPS) is 15.2. The molecule has 142 valence electrons. The van der Waals surface area contributed by atoms with E-state index in [4.69, 9.17) is 0 Å². The van der Waals surface area contributed by atoms with Crippen molar-refractivity contribution in [2.24, 2.45) is 0 Å². The fourth-order valence-electron chi connectivity index (χ4n) is 3.24. The quantitative estimate of drug-likeness (QED) is 0.883. The van der Waals surface area contributed by atoms with E-state index in [0.29, 0.717) is 31.7 Å². The van der Waals surface area contributed by atoms with Gasteiger partial charge in [0.05, 0.1) is 6.54 Å². The summed E-state index contributed by atoms with van der Waals surface area (Å²) in [5.74, 6) is 0.00729. The van der Waals surface area contributed by atoms with E-state index in [1.54, 1.807) is 24.5 Å². The Hall–Kier alpha value is -2.73. The topological polar surface area (TPSA) is 65.5 Å². The first-order valence-electron chi connectivity index (χ1n) is 9.46. The van der Waals surface area contributed by atoms with Crippen molar-refractivity contribution in [2.75, 3.05) is 38.0 Å². The molecule has 27 heavy (non-hydrogen) atoms. The van der Waals surface area contributed by atoms with Gasteiger partial charge in [0.2, 0.25) is 5.91 Å². The molecule has 0 spiro atoms. The molecule has 2 amide bonds. The van der Waals surface area contributed by atoms with E-state index in [-0.39, 0.29) is 11.8 Å². The molecule has 0 radical (unpaired) electrons. The van der Waals surface area contributed by atoms with Crippen molar-refractivity contribution < 1.29 is 9.59 Å². The van der Waals surface area contributed by atoms with Crippen LogP contribution in [-0.4, -0.2) is 59.3 Å². The summed E-state index contributed by atoms with van der Waals surface area (Å²) < 4.78 is 0. The highest BCUT2D eigenvalue weighted by atomic mass is 16.2. The van der Waals surface area contributed by atoms with Gasteiger partial charge in [0.25, 0.3) is 5.91 Å². The van der Waals surface area contributed by atoms with Crippen LogP contribution in [-0.2, 0) is 11.2 Å². The molecule has 1 saturated heterocycles. The standard InChI is InChI=1S/C21H26N4O2/c1-2-17-4-6-19(7-5-17)23-20(26)16-24-12-3-13-25(15-14-24)21(27)18-8-10-22-11-9-18/h4-11H,2-3,12-16H2,1H3,(H,23,26). The monoisotopic (exact) mass is 366 g/mol. The summed E-state index contributed by atoms with van der Waals surface area (Å²) in [4.78, 5) is 32.8. The fraction of sp³-hybridized carbons (Fsp3) is 0.381. The first kappa shape index (κ1) is 19.0. The van der Waals surface area contributed by atoms with Gasteiger partial charge in [0.15, 0.2) is 0 Å². The van der Waals surface area contributed by atoms with Gasteiger partial charge in [-0.25, -0.2) is 0 Å². The van der Waals surface area contributed by atoms with Gasteiger partial charge in [-0.2, -0.15) is 0 Å². The highest BCUT2D eigenvalue weighted by molar-refractivity contribution is 5.94. The SMILES string of the molecule is CCc1ccc(NC(=O)CN2CCCN(C(=O)c3ccncc3)CC2)cc1. The molecule has 0 unspecified atom stereocenters. The minimum absolute atomic E-state index is 0.0202. The molecular formula is C21H26N4O2. The third-order valence-electron chi connectivity index (χ3n) is 4.82. The molecule has 0 bridgehead atoms. The number of pyridine rings is 1. The third-order valence-corrected chi connectivity index (χ3v) is 4.82. The lowest BCUT2D eigenvalue weighted by Crippen LogP contribution is -2.38. The van der Waals surface area contributed by atoms with E-state index < -0.39 is 0 Å². The van der Waals surface area contributed by atoms with E-state index in [0.717, 1.165) is 25.1 Å². The van der Waals surface area contributed by atoms with Crippen LogP contribution in [0.1, 0.15) is 29.3 Å². The lowest BCUT2D eigenvalue weighted by molar-refractivity contribution is -0.117. The number of amides is 2. The summed E-state index contributed by atoms with van der Waals surface area (Å²) >= 11 is 0. The number of aromatic nitrogens is 1. The number of anilines is 1. The number of nitrogens with one attached hydrogen (secondary N) is 1. The van der Waals surface area contributed by atoms with Crippen molar-refractivity contribution in [1.82, 2.24) is 14.8 Å². The van der Waals surface area contributed by atoms with Crippen molar-refractivity contribution in [2.45, 2.75) is 19.8 Å². The Kier molecular flexibility index (Phi) is 6.54. The number of aryl methyl sites for hydroxylation is 1. The van der Waals surface area contributed by atoms with Crippen LogP contribution in [0.2, 0.25) is 0 Å². The minimum Gasteiger partial charge on any atom is -0.337 e. The smallest absolute Gasteiger partial charge is 0.254 e. The van der Waals surface area contributed by atoms with Gasteiger partial charge in [0.1, 0.15) is 0 Å². The van der Waals surface area contributed by atoms with E-state index in [9.17, 15) is 9.59 Å². The summed E-state index contributed by atoms with van der Waals surface area (Å²) in [6.45, 7) is 5.28. The van der Waals surface area contributed by atoms with Crippen LogP contribution in [0, 0.1) is 0 Å². The van der Waals surface area contributed by atoms with Crippen molar-refractivity contribution in [1.29, 1.82) is 0 Å². The molecule has 0 atom stereocenters. The number of hydrogen-bond acceptors (Lipinski definition) is 4. The summed E-state index contributed by atoms with van der Waals surface area (Å²) in [6.07, 6.45) is 5.11. The van der Waals surface area contributed by atoms with Crippen LogP contribution in [0.5, 0.6) is 0 Å². The molecule has 6 nitrogen and oxygen atoms in total. The Balaban J connectivity index is 1.50. The molecule has 1 aromatic carbocycles. The maximum Gasteiger partial charge on any atom is 0.254 e. The van der Waals surface area contributed by atoms with Crippen molar-refractivity contribution in [3.05, 3.63) is 59.9 Å². The number of carbonyl (C=O) groups is 2. The first-order valence-corrected chi connectivity index (χ1v) is 9.46. The molecule has 2 aromatic rings. The lowest BCUT2D eigenvalue weighted by Gasteiger charge is -2.21. The minimum atomic E-state index is -0.0202. The van der Waals surface area contributed by atoms with Crippen molar-refractivity contribution >= 4 is 17.5 Å². The number of nitrogens with zero attached hydrogens (tertiary/aromatic N) is 3. The largest absolute Gasteiger partial charge is 0.337 e. The van der Waals surface area contributed by atoms with Gasteiger partial charge in [0, 0.05) is 49.8 Å². The predicted molar refractivity (Wildman–Crippen MR) is 106 cm³/mol. The van der Waals surface area contributed by atoms with Gasteiger partial charge < -0.3 is 10.2 Å². The van der Waals surface area contributed by atoms with Crippen LogP contribution in [0.25, 0.3) is 0 Å². The zero-order chi connectivity index (χ0) is 19.1. The van der Waals surface area contributed by atoms with Crippen LogP contribution < -0.4 is 5.32 Å². The van der Waals surface area contributed by atoms with Crippen molar-refractivity contribution in [3.63, 3.8) is 0 Å². The van der Waals surface area contributed by atoms with Gasteiger partial charge in [-0.3, -0.25) is 19.5 Å². The molecule has 1 fully saturated rings. The second kappa shape index (κ2) is 9.28. The third kappa shape index (κ3) is 5.37. The second-order valence-electron chi connectivity index (χ2n) is 6.76. The average Bonchev–Trinajstić information content (AvgIpc) is 2.94. The van der Waals surface area contributed by atoms with Gasteiger partial charge in [-0.1, -0.05) is 19.1 Å². The zero-order valence-electron chi connectivity index (χ0n) is 15.7. The summed E-state index contributed by atoms with van der Waals surface area (Å²) in [6, 6.07) is 11.4. The fourth-order valence-corrected chi connectivity index (χ4v) is 3.24. The maximum absolute atomic E-state index is 12.6. The number of carbonyl (C=O) groups excluding carboxylic acids is 2. The number of benzene rings is 1. The molecule has 2 heterocycles. The Morgan fingerprint density at radius 1 is 1.00 bits per heavy atom. The Morgan fingerprint density at radius 2 is 1.74 bits per heavy atom. The molecule has 1 aliphatic rings. The molecule has 6 heteroatoms. The first-order chi connectivity index (χ1) is 13.2. The average molecular weight is 366 g/mol. The summed E-state index contributed by atoms with van der Waals surface area (Å²) in [5.41, 5.74) is 2.73. The number of rotatable bonds is 5. The van der Waals surface area contributed by atoms with Crippen LogP contribution in [0.15, 0.2) is 48.8 Å². The van der Waals surface area contributed by atoms with Gasteiger partial charge in [-0.15, -0.1) is 0 Å². The molecular weight excluding hydrogens is 340 g/mol. The van der Waals surface area contributed by atoms with E-state index in [2.05, 4.69) is 22.1 Å². The van der Waals surface area contributed by atoms with Crippen LogP contribution in [0.4, 0.5) is 5.69 Å². The Bertz CT molecular complexity index is 762. The maximum atomic E-state index is 12.6. The Morgan fingerprint density at radius 3 is 2.44 bits per heavy atom. The number of hydrogen-bond donors (Lipinski definition) is 1. The molecule has 1 aliphatic heterocycles. The van der Waals surface area contributed by atoms with Crippen molar-refractivity contribution in [3.8, 4) is 0 Å². The molecule has 0 saturated carbocycles. The highest BCUT2D eigenvalue weighted by Crippen LogP contribution is 2.11. The van der Waals surface area contributed by atoms with E-state index in [1.165, 1.54) is 5.56 Å². The lowest BCUT2D eigenvalue weighted by atomic mass is 10.1. The molecule has 1 N–H and O–H groups in total. The molecule has 1 aromatic heterocycles. The van der Waals surface area contributed by atoms with Crippen LogP contribution >= 0.6 is 0 Å². The predicted octanol–water partition coefficient (Wildman–Crippen LogP) is 2.43. The van der Waals surface area contributed by atoms with E-state index in [1.807, 2.05) is 29.2 Å². The second-order valence-corrected chi connectivity index (χ2v) is 6.76. The molecule has 3 rings (SSSR count). The Labute approximate surface area is 160 Å². The summed E-state index contributed by atoms with van der Waals surface area (Å²) in [7, 11) is 0. The van der Waals surface area contributed by atoms with Gasteiger partial charge in [-0.05, 0) is 42.7 Å².